The third-order valence-electron chi connectivity index (χ3n) is 6.85. The van der Waals surface area contributed by atoms with Gasteiger partial charge in [0, 0.05) is 26.2 Å². The molecule has 1 N–H and O–H groups in total. The van der Waals surface area contributed by atoms with Gasteiger partial charge in [0.15, 0.2) is 6.10 Å². The Bertz CT molecular complexity index is 1400. The van der Waals surface area contributed by atoms with E-state index in [1.807, 2.05) is 32.0 Å². The normalized spacial score (nSPS) is 17.9. The van der Waals surface area contributed by atoms with Gasteiger partial charge in [0.05, 0.1) is 30.3 Å². The number of ether oxygens (including phenoxy) is 2. The third-order valence-corrected chi connectivity index (χ3v) is 8.65. The molecule has 0 aromatic heterocycles. The summed E-state index contributed by atoms with van der Waals surface area (Å²) >= 11 is 0. The fourth-order valence-corrected chi connectivity index (χ4v) is 6.20. The summed E-state index contributed by atoms with van der Waals surface area (Å²) in [7, 11) is -3.90. The lowest BCUT2D eigenvalue weighted by molar-refractivity contribution is -0.127. The second kappa shape index (κ2) is 11.1. The van der Waals surface area contributed by atoms with Crippen molar-refractivity contribution in [2.75, 3.05) is 37.2 Å². The zero-order valence-electron chi connectivity index (χ0n) is 21.7. The summed E-state index contributed by atoms with van der Waals surface area (Å²) in [4.78, 5) is 15.8. The first-order valence-electron chi connectivity index (χ1n) is 12.8. The zero-order chi connectivity index (χ0) is 26.7. The van der Waals surface area contributed by atoms with E-state index in [4.69, 9.17) is 9.47 Å². The van der Waals surface area contributed by atoms with Crippen LogP contribution in [-0.4, -0.2) is 58.2 Å². The number of nitrogens with one attached hydrogen (secondary N) is 1. The predicted molar refractivity (Wildman–Crippen MR) is 146 cm³/mol. The molecule has 0 aliphatic carbocycles. The molecule has 0 spiro atoms. The topological polar surface area (TPSA) is 88.2 Å². The van der Waals surface area contributed by atoms with E-state index in [0.29, 0.717) is 18.0 Å². The molecule has 3 aromatic carbocycles. The minimum Gasteiger partial charge on any atom is -0.476 e. The van der Waals surface area contributed by atoms with Crippen molar-refractivity contribution in [2.45, 2.75) is 37.9 Å². The Hall–Kier alpha value is -3.40. The van der Waals surface area contributed by atoms with Crippen molar-refractivity contribution in [3.8, 4) is 5.75 Å². The number of morpholine rings is 1. The van der Waals surface area contributed by atoms with Crippen molar-refractivity contribution < 1.29 is 22.7 Å². The first-order valence-corrected chi connectivity index (χ1v) is 14.3. The van der Waals surface area contributed by atoms with Gasteiger partial charge in [0.25, 0.3) is 15.9 Å². The average Bonchev–Trinajstić information content (AvgIpc) is 2.92. The maximum Gasteiger partial charge on any atom is 0.264 e. The van der Waals surface area contributed by atoms with Gasteiger partial charge < -0.3 is 14.8 Å². The highest BCUT2D eigenvalue weighted by atomic mass is 32.2. The van der Waals surface area contributed by atoms with Gasteiger partial charge in [-0.05, 0) is 54.8 Å². The molecule has 0 radical (unpaired) electrons. The second-order valence-corrected chi connectivity index (χ2v) is 11.7. The number of anilines is 1. The number of benzene rings is 3. The minimum atomic E-state index is -3.90. The summed E-state index contributed by atoms with van der Waals surface area (Å²) in [6.45, 7) is 8.14. The molecule has 2 aliphatic rings. The summed E-state index contributed by atoms with van der Waals surface area (Å²) < 4.78 is 40.0. The van der Waals surface area contributed by atoms with E-state index in [2.05, 4.69) is 22.3 Å². The number of hydrogen-bond acceptors (Lipinski definition) is 6. The zero-order valence-corrected chi connectivity index (χ0v) is 22.5. The average molecular weight is 536 g/mol. The smallest absolute Gasteiger partial charge is 0.264 e. The highest BCUT2D eigenvalue weighted by Gasteiger charge is 2.37. The van der Waals surface area contributed by atoms with Gasteiger partial charge in [0.1, 0.15) is 5.75 Å². The van der Waals surface area contributed by atoms with E-state index in [9.17, 15) is 13.2 Å². The summed E-state index contributed by atoms with van der Waals surface area (Å²) in [5.74, 6) is 0.0134. The molecule has 1 fully saturated rings. The molecule has 1 amide bonds. The predicted octanol–water partition coefficient (Wildman–Crippen LogP) is 3.41. The third kappa shape index (κ3) is 5.85. The fourth-order valence-electron chi connectivity index (χ4n) is 4.72. The number of carbonyl (C=O) groups is 1. The van der Waals surface area contributed by atoms with Gasteiger partial charge in [-0.2, -0.15) is 0 Å². The molecule has 8 nitrogen and oxygen atoms in total. The van der Waals surface area contributed by atoms with Crippen molar-refractivity contribution in [3.05, 3.63) is 89.0 Å². The highest BCUT2D eigenvalue weighted by Crippen LogP contribution is 2.37. The van der Waals surface area contributed by atoms with Gasteiger partial charge >= 0.3 is 0 Å². The van der Waals surface area contributed by atoms with Gasteiger partial charge in [-0.1, -0.05) is 48.0 Å². The number of rotatable bonds is 7. The van der Waals surface area contributed by atoms with Crippen molar-refractivity contribution >= 4 is 21.6 Å². The Balaban J connectivity index is 1.31. The van der Waals surface area contributed by atoms with Gasteiger partial charge in [-0.15, -0.1) is 0 Å². The monoisotopic (exact) mass is 535 g/mol. The first-order chi connectivity index (χ1) is 18.3. The summed E-state index contributed by atoms with van der Waals surface area (Å²) in [6, 6.07) is 20.2. The van der Waals surface area contributed by atoms with E-state index in [0.717, 1.165) is 49.5 Å². The lowest BCUT2D eigenvalue weighted by Gasteiger charge is -2.35. The fraction of sp³-hybridized carbons (Fsp3) is 0.345. The van der Waals surface area contributed by atoms with Crippen LogP contribution in [-0.2, 0) is 32.6 Å². The number of nitrogens with zero attached hydrogens (tertiary/aromatic N) is 2. The Morgan fingerprint density at radius 2 is 1.66 bits per heavy atom. The molecule has 2 heterocycles. The van der Waals surface area contributed by atoms with Crippen LogP contribution in [0, 0.1) is 13.8 Å². The summed E-state index contributed by atoms with van der Waals surface area (Å²) in [5, 5.41) is 2.95. The molecule has 38 heavy (non-hydrogen) atoms. The quantitative estimate of drug-likeness (QED) is 0.499. The van der Waals surface area contributed by atoms with Gasteiger partial charge in [0.2, 0.25) is 0 Å². The molecule has 0 saturated carbocycles. The molecule has 200 valence electrons. The van der Waals surface area contributed by atoms with Crippen LogP contribution in [0.15, 0.2) is 71.6 Å². The molecule has 3 aromatic rings. The Kier molecular flexibility index (Phi) is 7.69. The number of hydrogen-bond donors (Lipinski definition) is 1. The maximum absolute atomic E-state index is 13.6. The van der Waals surface area contributed by atoms with Crippen LogP contribution in [0.2, 0.25) is 0 Å². The van der Waals surface area contributed by atoms with E-state index in [1.54, 1.807) is 36.4 Å². The SMILES string of the molecule is Cc1ccc(S(=O)(=O)N2C[C@@H](C(=O)NCc3cccc(CN4CCOCC4)c3)Oc3cc(C)ccc32)cc1. The molecule has 1 saturated heterocycles. The van der Waals surface area contributed by atoms with Crippen LogP contribution in [0.25, 0.3) is 0 Å². The van der Waals surface area contributed by atoms with Crippen molar-refractivity contribution in [1.82, 2.24) is 10.2 Å². The highest BCUT2D eigenvalue weighted by molar-refractivity contribution is 7.92. The van der Waals surface area contributed by atoms with Crippen molar-refractivity contribution in [1.29, 1.82) is 0 Å². The molecular formula is C29H33N3O5S. The first kappa shape index (κ1) is 26.2. The standard InChI is InChI=1S/C29H33N3O5S/c1-21-6-9-25(10-7-21)38(34,35)32-20-28(37-27-16-22(2)8-11-26(27)32)29(33)30-18-23-4-3-5-24(17-23)19-31-12-14-36-15-13-31/h3-11,16-17,28H,12-15,18-20H2,1-2H3,(H,30,33)/t28-/m0/s1. The van der Waals surface area contributed by atoms with Gasteiger partial charge in [-0.3, -0.25) is 14.0 Å². The van der Waals surface area contributed by atoms with E-state index in [1.165, 1.54) is 9.87 Å². The molecular weight excluding hydrogens is 502 g/mol. The Morgan fingerprint density at radius 3 is 2.42 bits per heavy atom. The van der Waals surface area contributed by atoms with E-state index >= 15 is 0 Å². The van der Waals surface area contributed by atoms with Crippen LogP contribution in [0.4, 0.5) is 5.69 Å². The minimum absolute atomic E-state index is 0.116. The van der Waals surface area contributed by atoms with E-state index in [-0.39, 0.29) is 17.3 Å². The number of aryl methyl sites for hydroxylation is 2. The van der Waals surface area contributed by atoms with E-state index < -0.39 is 16.1 Å². The molecule has 5 rings (SSSR count). The Morgan fingerprint density at radius 1 is 0.947 bits per heavy atom. The largest absolute Gasteiger partial charge is 0.476 e. The lowest BCUT2D eigenvalue weighted by atomic mass is 10.1. The summed E-state index contributed by atoms with van der Waals surface area (Å²) in [5.41, 5.74) is 4.45. The second-order valence-electron chi connectivity index (χ2n) is 9.85. The van der Waals surface area contributed by atoms with Crippen molar-refractivity contribution in [3.63, 3.8) is 0 Å². The number of amides is 1. The van der Waals surface area contributed by atoms with Crippen LogP contribution < -0.4 is 14.4 Å². The Labute approximate surface area is 224 Å². The maximum atomic E-state index is 13.6. The molecule has 0 bridgehead atoms. The van der Waals surface area contributed by atoms with Gasteiger partial charge in [-0.25, -0.2) is 8.42 Å². The molecule has 0 unspecified atom stereocenters. The molecule has 1 atom stereocenters. The van der Waals surface area contributed by atoms with Crippen LogP contribution in [0.1, 0.15) is 22.3 Å². The number of carbonyl (C=O) groups excluding carboxylic acids is 1. The summed E-state index contributed by atoms with van der Waals surface area (Å²) in [6.07, 6.45) is -0.985. The van der Waals surface area contributed by atoms with Crippen LogP contribution in [0.3, 0.4) is 0 Å². The van der Waals surface area contributed by atoms with Crippen LogP contribution in [0.5, 0.6) is 5.75 Å². The molecule has 9 heteroatoms. The van der Waals surface area contributed by atoms with Crippen LogP contribution >= 0.6 is 0 Å². The van der Waals surface area contributed by atoms with Crippen molar-refractivity contribution in [2.24, 2.45) is 0 Å². The number of sulfonamides is 1. The number of fused-ring (bicyclic) bond motifs is 1. The molecule has 2 aliphatic heterocycles. The lowest BCUT2D eigenvalue weighted by Crippen LogP contribution is -2.50.